The molecule has 0 bridgehead atoms. The molecule has 0 aliphatic carbocycles. The first-order valence-corrected chi connectivity index (χ1v) is 9.91. The number of ketones is 2. The van der Waals surface area contributed by atoms with E-state index >= 15 is 0 Å². The third-order valence-corrected chi connectivity index (χ3v) is 5.52. The van der Waals surface area contributed by atoms with Gasteiger partial charge >= 0.3 is 5.97 Å². The number of benzene rings is 2. The molecule has 0 aliphatic rings. The Bertz CT molecular complexity index is 1160. The molecule has 0 saturated heterocycles. The SMILES string of the molecule is CCOC(=O)[C@H](C(C)=O)c1c(Br)c(O)c(O)c2c(C(=O)c3ccc(C)cc3)coc12. The molecule has 3 aromatic rings. The summed E-state index contributed by atoms with van der Waals surface area (Å²) in [6.07, 6.45) is 1.13. The van der Waals surface area contributed by atoms with E-state index in [1.54, 1.807) is 31.2 Å². The Labute approximate surface area is 180 Å². The van der Waals surface area contributed by atoms with Crippen LogP contribution in [-0.4, -0.2) is 34.4 Å². The second-order valence-electron chi connectivity index (χ2n) is 6.77. The summed E-state index contributed by atoms with van der Waals surface area (Å²) in [5.74, 6) is -4.47. The molecule has 7 nitrogen and oxygen atoms in total. The van der Waals surface area contributed by atoms with E-state index in [9.17, 15) is 24.6 Å². The average Bonchev–Trinajstić information content (AvgIpc) is 3.14. The van der Waals surface area contributed by atoms with Crippen molar-refractivity contribution in [3.05, 3.63) is 57.3 Å². The van der Waals surface area contributed by atoms with Crippen molar-refractivity contribution < 1.29 is 33.8 Å². The number of aryl methyl sites for hydroxylation is 1. The molecule has 8 heteroatoms. The van der Waals surface area contributed by atoms with Crippen LogP contribution in [0.1, 0.15) is 46.8 Å². The number of aromatic hydroxyl groups is 2. The quantitative estimate of drug-likeness (QED) is 0.235. The molecule has 0 fully saturated rings. The smallest absolute Gasteiger partial charge is 0.321 e. The molecule has 0 spiro atoms. The van der Waals surface area contributed by atoms with Gasteiger partial charge in [-0.25, -0.2) is 0 Å². The maximum atomic E-state index is 13.0. The number of hydrogen-bond acceptors (Lipinski definition) is 7. The van der Waals surface area contributed by atoms with E-state index in [1.165, 1.54) is 6.92 Å². The van der Waals surface area contributed by atoms with Crippen LogP contribution in [0.4, 0.5) is 0 Å². The van der Waals surface area contributed by atoms with Crippen molar-refractivity contribution in [2.24, 2.45) is 0 Å². The van der Waals surface area contributed by atoms with Crippen LogP contribution in [0.2, 0.25) is 0 Å². The van der Waals surface area contributed by atoms with E-state index in [2.05, 4.69) is 15.9 Å². The number of phenolic OH excluding ortho intramolecular Hbond substituents is 2. The summed E-state index contributed by atoms with van der Waals surface area (Å²) in [5.41, 5.74) is 1.21. The molecule has 2 N–H and O–H groups in total. The van der Waals surface area contributed by atoms with Crippen molar-refractivity contribution in [1.29, 1.82) is 0 Å². The third-order valence-electron chi connectivity index (χ3n) is 4.72. The highest BCUT2D eigenvalue weighted by Gasteiger charge is 2.36. The normalized spacial score (nSPS) is 12.0. The molecule has 1 aromatic heterocycles. The number of rotatable bonds is 6. The van der Waals surface area contributed by atoms with Gasteiger partial charge in [0.05, 0.1) is 22.0 Å². The zero-order valence-electron chi connectivity index (χ0n) is 16.5. The Hall–Kier alpha value is -3.13. The van der Waals surface area contributed by atoms with Gasteiger partial charge in [0, 0.05) is 11.1 Å². The summed E-state index contributed by atoms with van der Waals surface area (Å²) in [5, 5.41) is 20.9. The van der Waals surface area contributed by atoms with E-state index < -0.39 is 35.0 Å². The lowest BCUT2D eigenvalue weighted by Gasteiger charge is -2.17. The molecule has 0 saturated carbocycles. The van der Waals surface area contributed by atoms with Crippen molar-refractivity contribution in [3.63, 3.8) is 0 Å². The van der Waals surface area contributed by atoms with Crippen LogP contribution in [0.15, 0.2) is 39.4 Å². The topological polar surface area (TPSA) is 114 Å². The van der Waals surface area contributed by atoms with E-state index in [-0.39, 0.29) is 33.2 Å². The van der Waals surface area contributed by atoms with Gasteiger partial charge in [-0.15, -0.1) is 0 Å². The maximum Gasteiger partial charge on any atom is 0.321 e. The van der Waals surface area contributed by atoms with Crippen LogP contribution in [-0.2, 0) is 14.3 Å². The van der Waals surface area contributed by atoms with Gasteiger partial charge in [-0.2, -0.15) is 0 Å². The Morgan fingerprint density at radius 2 is 1.77 bits per heavy atom. The van der Waals surface area contributed by atoms with Crippen molar-refractivity contribution in [2.75, 3.05) is 6.61 Å². The lowest BCUT2D eigenvalue weighted by Crippen LogP contribution is -2.23. The van der Waals surface area contributed by atoms with E-state index in [1.807, 2.05) is 6.92 Å². The minimum atomic E-state index is -1.41. The maximum absolute atomic E-state index is 13.0. The minimum Gasteiger partial charge on any atom is -0.504 e. The first kappa shape index (κ1) is 21.6. The molecular weight excluding hydrogens is 456 g/mol. The van der Waals surface area contributed by atoms with Gasteiger partial charge in [0.15, 0.2) is 17.3 Å². The van der Waals surface area contributed by atoms with Crippen LogP contribution in [0, 0.1) is 6.92 Å². The van der Waals surface area contributed by atoms with E-state index in [0.717, 1.165) is 11.8 Å². The van der Waals surface area contributed by atoms with Gasteiger partial charge in [-0.3, -0.25) is 14.4 Å². The minimum absolute atomic E-state index is 0.0124. The number of hydrogen-bond donors (Lipinski definition) is 2. The highest BCUT2D eigenvalue weighted by Crippen LogP contribution is 2.48. The van der Waals surface area contributed by atoms with Crippen LogP contribution < -0.4 is 0 Å². The lowest BCUT2D eigenvalue weighted by atomic mass is 9.91. The Kier molecular flexibility index (Phi) is 5.98. The highest BCUT2D eigenvalue weighted by molar-refractivity contribution is 9.10. The summed E-state index contributed by atoms with van der Waals surface area (Å²) in [6.45, 7) is 4.72. The van der Waals surface area contributed by atoms with Crippen LogP contribution in [0.5, 0.6) is 11.5 Å². The predicted octanol–water partition coefficient (Wildman–Crippen LogP) is 4.38. The third kappa shape index (κ3) is 3.59. The number of ether oxygens (including phenoxy) is 1. The number of carbonyl (C=O) groups excluding carboxylic acids is 3. The van der Waals surface area contributed by atoms with E-state index in [0.29, 0.717) is 5.56 Å². The number of halogens is 1. The molecule has 1 atom stereocenters. The highest BCUT2D eigenvalue weighted by atomic mass is 79.9. The Morgan fingerprint density at radius 3 is 2.33 bits per heavy atom. The fraction of sp³-hybridized carbons (Fsp3) is 0.227. The lowest BCUT2D eigenvalue weighted by molar-refractivity contribution is -0.147. The van der Waals surface area contributed by atoms with Crippen LogP contribution >= 0.6 is 15.9 Å². The standard InChI is InChI=1S/C22H19BrO7/c1-4-29-22(28)14(11(3)24)16-17(23)20(27)19(26)15-13(9-30-21(15)16)18(25)12-7-5-10(2)6-8-12/h5-9,14,26-27H,4H2,1-3H3/t14-/m1/s1. The van der Waals surface area contributed by atoms with Gasteiger partial charge in [-0.1, -0.05) is 29.8 Å². The van der Waals surface area contributed by atoms with Crippen molar-refractivity contribution >= 4 is 44.4 Å². The fourth-order valence-corrected chi connectivity index (χ4v) is 3.84. The molecular formula is C22H19BrO7. The number of carbonyl (C=O) groups is 3. The van der Waals surface area contributed by atoms with Crippen LogP contribution in [0.25, 0.3) is 11.0 Å². The second-order valence-corrected chi connectivity index (χ2v) is 7.56. The van der Waals surface area contributed by atoms with Gasteiger partial charge in [-0.05, 0) is 36.7 Å². The number of Topliss-reactive ketones (excluding diaryl/α,β-unsaturated/α-hetero) is 1. The molecule has 0 aliphatic heterocycles. The molecule has 0 amide bonds. The van der Waals surface area contributed by atoms with Crippen molar-refractivity contribution in [3.8, 4) is 11.5 Å². The van der Waals surface area contributed by atoms with Gasteiger partial charge in [0.25, 0.3) is 0 Å². The number of esters is 1. The molecule has 3 rings (SSSR count). The summed E-state index contributed by atoms with van der Waals surface area (Å²) >= 11 is 3.12. The average molecular weight is 475 g/mol. The first-order chi connectivity index (χ1) is 14.2. The Balaban J connectivity index is 2.29. The number of furan rings is 1. The van der Waals surface area contributed by atoms with Crippen molar-refractivity contribution in [2.45, 2.75) is 26.7 Å². The molecule has 0 unspecified atom stereocenters. The molecule has 0 radical (unpaired) electrons. The van der Waals surface area contributed by atoms with E-state index in [4.69, 9.17) is 9.15 Å². The Morgan fingerprint density at radius 1 is 1.13 bits per heavy atom. The van der Waals surface area contributed by atoms with Gasteiger partial charge in [0.1, 0.15) is 23.5 Å². The molecule has 2 aromatic carbocycles. The van der Waals surface area contributed by atoms with Gasteiger partial charge < -0.3 is 19.4 Å². The zero-order chi connectivity index (χ0) is 22.2. The summed E-state index contributed by atoms with van der Waals surface area (Å²) in [4.78, 5) is 37.7. The summed E-state index contributed by atoms with van der Waals surface area (Å²) in [7, 11) is 0. The fourth-order valence-electron chi connectivity index (χ4n) is 3.24. The van der Waals surface area contributed by atoms with Crippen molar-refractivity contribution in [1.82, 2.24) is 0 Å². The molecule has 156 valence electrons. The first-order valence-electron chi connectivity index (χ1n) is 9.11. The molecule has 30 heavy (non-hydrogen) atoms. The number of fused-ring (bicyclic) bond motifs is 1. The second kappa shape index (κ2) is 8.31. The predicted molar refractivity (Wildman–Crippen MR) is 112 cm³/mol. The number of phenols is 2. The zero-order valence-corrected chi connectivity index (χ0v) is 18.1. The summed E-state index contributed by atoms with van der Waals surface area (Å²) in [6, 6.07) is 6.79. The monoisotopic (exact) mass is 474 g/mol. The van der Waals surface area contributed by atoms with Crippen LogP contribution in [0.3, 0.4) is 0 Å². The van der Waals surface area contributed by atoms with Gasteiger partial charge in [0.2, 0.25) is 0 Å². The largest absolute Gasteiger partial charge is 0.504 e. The summed E-state index contributed by atoms with van der Waals surface area (Å²) < 4.78 is 10.4. The molecule has 1 heterocycles.